The molecule has 1 saturated heterocycles. The topological polar surface area (TPSA) is 38.5 Å². The molecule has 2 N–H and O–H groups in total. The van der Waals surface area contributed by atoms with Gasteiger partial charge in [0.05, 0.1) is 17.7 Å². The van der Waals surface area contributed by atoms with Crippen LogP contribution in [0.2, 0.25) is 5.02 Å². The zero-order valence-corrected chi connectivity index (χ0v) is 12.9. The molecule has 3 nitrogen and oxygen atoms in total. The zero-order valence-electron chi connectivity index (χ0n) is 12.1. The molecule has 1 aliphatic heterocycles. The van der Waals surface area contributed by atoms with Gasteiger partial charge in [-0.15, -0.1) is 0 Å². The third-order valence-electron chi connectivity index (χ3n) is 4.73. The highest BCUT2D eigenvalue weighted by molar-refractivity contribution is 6.30. The van der Waals surface area contributed by atoms with Crippen molar-refractivity contribution in [3.05, 3.63) is 34.6 Å². The molecular formula is C16H22ClFN2O. The SMILES string of the molecule is NCC(c1ccc(Cl)c(F)c1)N1CCOC2CCCCC21. The van der Waals surface area contributed by atoms with Crippen LogP contribution in [-0.2, 0) is 4.74 Å². The van der Waals surface area contributed by atoms with E-state index in [2.05, 4.69) is 4.90 Å². The van der Waals surface area contributed by atoms with Crippen LogP contribution in [0, 0.1) is 5.82 Å². The summed E-state index contributed by atoms with van der Waals surface area (Å²) in [5.74, 6) is -0.374. The molecule has 0 aromatic heterocycles. The molecule has 1 saturated carbocycles. The van der Waals surface area contributed by atoms with Crippen LogP contribution >= 0.6 is 11.6 Å². The number of hydrogen-bond donors (Lipinski definition) is 1. The molecule has 5 heteroatoms. The summed E-state index contributed by atoms with van der Waals surface area (Å²) < 4.78 is 19.7. The second kappa shape index (κ2) is 6.61. The fourth-order valence-corrected chi connectivity index (χ4v) is 3.81. The molecule has 1 aromatic carbocycles. The number of hydrogen-bond acceptors (Lipinski definition) is 3. The Morgan fingerprint density at radius 1 is 1.38 bits per heavy atom. The van der Waals surface area contributed by atoms with E-state index in [1.807, 2.05) is 6.07 Å². The number of nitrogens with two attached hydrogens (primary N) is 1. The van der Waals surface area contributed by atoms with Crippen molar-refractivity contribution < 1.29 is 9.13 Å². The largest absolute Gasteiger partial charge is 0.375 e. The highest BCUT2D eigenvalue weighted by Gasteiger charge is 2.37. The molecule has 0 bridgehead atoms. The van der Waals surface area contributed by atoms with E-state index in [1.54, 1.807) is 6.07 Å². The summed E-state index contributed by atoms with van der Waals surface area (Å²) >= 11 is 5.79. The van der Waals surface area contributed by atoms with Crippen molar-refractivity contribution in [2.24, 2.45) is 5.73 Å². The predicted octanol–water partition coefficient (Wildman–Crippen LogP) is 3.12. The van der Waals surface area contributed by atoms with Crippen molar-refractivity contribution >= 4 is 11.6 Å². The maximum Gasteiger partial charge on any atom is 0.142 e. The summed E-state index contributed by atoms with van der Waals surface area (Å²) in [6, 6.07) is 5.46. The van der Waals surface area contributed by atoms with Crippen molar-refractivity contribution in [2.45, 2.75) is 43.9 Å². The Bertz CT molecular complexity index is 497. The lowest BCUT2D eigenvalue weighted by atomic mass is 9.88. The Labute approximate surface area is 130 Å². The van der Waals surface area contributed by atoms with Gasteiger partial charge in [-0.25, -0.2) is 4.39 Å². The lowest BCUT2D eigenvalue weighted by Gasteiger charge is -2.47. The molecule has 1 aliphatic carbocycles. The molecule has 116 valence electrons. The normalized spacial score (nSPS) is 28.1. The molecule has 3 atom stereocenters. The second-order valence-electron chi connectivity index (χ2n) is 5.92. The smallest absolute Gasteiger partial charge is 0.142 e. The molecule has 21 heavy (non-hydrogen) atoms. The van der Waals surface area contributed by atoms with E-state index in [4.69, 9.17) is 22.1 Å². The number of halogens is 2. The summed E-state index contributed by atoms with van der Waals surface area (Å²) in [5, 5.41) is 0.159. The Morgan fingerprint density at radius 2 is 2.19 bits per heavy atom. The van der Waals surface area contributed by atoms with Gasteiger partial charge in [-0.3, -0.25) is 4.90 Å². The van der Waals surface area contributed by atoms with Crippen LogP contribution in [0.15, 0.2) is 18.2 Å². The van der Waals surface area contributed by atoms with E-state index < -0.39 is 0 Å². The fourth-order valence-electron chi connectivity index (χ4n) is 3.70. The summed E-state index contributed by atoms with van der Waals surface area (Å²) in [4.78, 5) is 2.41. The Hall–Kier alpha value is -0.680. The highest BCUT2D eigenvalue weighted by Crippen LogP contribution is 2.34. The van der Waals surface area contributed by atoms with Crippen LogP contribution in [-0.4, -0.2) is 36.7 Å². The average Bonchev–Trinajstić information content (AvgIpc) is 2.52. The molecular weight excluding hydrogens is 291 g/mol. The summed E-state index contributed by atoms with van der Waals surface area (Å²) in [5.41, 5.74) is 6.92. The van der Waals surface area contributed by atoms with E-state index in [9.17, 15) is 4.39 Å². The predicted molar refractivity (Wildman–Crippen MR) is 81.9 cm³/mol. The first kappa shape index (κ1) is 15.2. The number of ether oxygens (including phenoxy) is 1. The van der Waals surface area contributed by atoms with E-state index in [0.717, 1.165) is 31.6 Å². The summed E-state index contributed by atoms with van der Waals surface area (Å²) in [7, 11) is 0. The average molecular weight is 313 g/mol. The quantitative estimate of drug-likeness (QED) is 0.932. The summed E-state index contributed by atoms with van der Waals surface area (Å²) in [6.07, 6.45) is 5.02. The van der Waals surface area contributed by atoms with Crippen LogP contribution in [0.3, 0.4) is 0 Å². The van der Waals surface area contributed by atoms with Gasteiger partial charge in [0.15, 0.2) is 0 Å². The first-order chi connectivity index (χ1) is 10.2. The van der Waals surface area contributed by atoms with Crippen LogP contribution in [0.4, 0.5) is 4.39 Å². The monoisotopic (exact) mass is 312 g/mol. The van der Waals surface area contributed by atoms with Crippen molar-refractivity contribution in [1.29, 1.82) is 0 Å². The molecule has 3 unspecified atom stereocenters. The maximum absolute atomic E-state index is 13.8. The van der Waals surface area contributed by atoms with Gasteiger partial charge < -0.3 is 10.5 Å². The molecule has 1 aromatic rings. The van der Waals surface area contributed by atoms with Crippen molar-refractivity contribution in [3.8, 4) is 0 Å². The van der Waals surface area contributed by atoms with Crippen molar-refractivity contribution in [2.75, 3.05) is 19.7 Å². The Balaban J connectivity index is 1.85. The van der Waals surface area contributed by atoms with E-state index in [-0.39, 0.29) is 16.9 Å². The van der Waals surface area contributed by atoms with Gasteiger partial charge in [0, 0.05) is 25.2 Å². The lowest BCUT2D eigenvalue weighted by Crippen LogP contribution is -2.54. The molecule has 1 heterocycles. The maximum atomic E-state index is 13.8. The van der Waals surface area contributed by atoms with Gasteiger partial charge in [-0.05, 0) is 30.5 Å². The van der Waals surface area contributed by atoms with Gasteiger partial charge in [0.1, 0.15) is 5.82 Å². The van der Waals surface area contributed by atoms with Crippen molar-refractivity contribution in [1.82, 2.24) is 4.90 Å². The third-order valence-corrected chi connectivity index (χ3v) is 5.03. The van der Waals surface area contributed by atoms with Crippen LogP contribution in [0.1, 0.15) is 37.3 Å². The van der Waals surface area contributed by atoms with Gasteiger partial charge in [-0.2, -0.15) is 0 Å². The first-order valence-electron chi connectivity index (χ1n) is 7.73. The molecule has 2 aliphatic rings. The number of nitrogens with zero attached hydrogens (tertiary/aromatic N) is 1. The zero-order chi connectivity index (χ0) is 14.8. The second-order valence-corrected chi connectivity index (χ2v) is 6.33. The Kier molecular flexibility index (Phi) is 4.79. The van der Waals surface area contributed by atoms with Gasteiger partial charge in [0.25, 0.3) is 0 Å². The minimum atomic E-state index is -0.374. The first-order valence-corrected chi connectivity index (χ1v) is 8.11. The Morgan fingerprint density at radius 3 is 2.95 bits per heavy atom. The van der Waals surface area contributed by atoms with Crippen LogP contribution < -0.4 is 5.73 Å². The number of morpholine rings is 1. The van der Waals surface area contributed by atoms with E-state index >= 15 is 0 Å². The number of fused-ring (bicyclic) bond motifs is 1. The van der Waals surface area contributed by atoms with Crippen LogP contribution in [0.5, 0.6) is 0 Å². The van der Waals surface area contributed by atoms with E-state index in [0.29, 0.717) is 18.7 Å². The number of rotatable bonds is 3. The fraction of sp³-hybridized carbons (Fsp3) is 0.625. The molecule has 3 rings (SSSR count). The minimum Gasteiger partial charge on any atom is -0.375 e. The minimum absolute atomic E-state index is 0.0336. The van der Waals surface area contributed by atoms with Crippen LogP contribution in [0.25, 0.3) is 0 Å². The summed E-state index contributed by atoms with van der Waals surface area (Å²) in [6.45, 7) is 2.06. The number of benzene rings is 1. The molecule has 0 amide bonds. The van der Waals surface area contributed by atoms with Crippen molar-refractivity contribution in [3.63, 3.8) is 0 Å². The molecule has 0 radical (unpaired) electrons. The van der Waals surface area contributed by atoms with E-state index in [1.165, 1.54) is 18.9 Å². The third kappa shape index (κ3) is 3.09. The van der Waals surface area contributed by atoms with Gasteiger partial charge in [0.2, 0.25) is 0 Å². The lowest BCUT2D eigenvalue weighted by molar-refractivity contribution is -0.102. The van der Waals surface area contributed by atoms with Gasteiger partial charge >= 0.3 is 0 Å². The molecule has 2 fully saturated rings. The molecule has 0 spiro atoms. The van der Waals surface area contributed by atoms with Gasteiger partial charge in [-0.1, -0.05) is 30.5 Å². The highest BCUT2D eigenvalue weighted by atomic mass is 35.5. The standard InChI is InChI=1S/C16H22ClFN2O/c17-12-6-5-11(9-13(12)18)15(10-19)20-7-8-21-16-4-2-1-3-14(16)20/h5-6,9,14-16H,1-4,7-8,10,19H2.